The minimum Gasteiger partial charge on any atom is -0.744 e. The number of hydrogen-bond acceptors (Lipinski definition) is 9. The van der Waals surface area contributed by atoms with E-state index in [1.807, 2.05) is 0 Å². The minimum absolute atomic E-state index is 0.0247. The van der Waals surface area contributed by atoms with E-state index in [0.29, 0.717) is 0 Å². The number of ether oxygens (including phenoxy) is 2. The normalized spacial score (nSPS) is 10.9. The van der Waals surface area contributed by atoms with Gasteiger partial charge in [0.15, 0.2) is 18.2 Å². The summed E-state index contributed by atoms with van der Waals surface area (Å²) in [6.07, 6.45) is 0.0247. The molecule has 0 amide bonds. The van der Waals surface area contributed by atoms with Crippen LogP contribution in [0, 0.1) is 0 Å². The van der Waals surface area contributed by atoms with Gasteiger partial charge in [-0.1, -0.05) is 19.1 Å². The lowest BCUT2D eigenvalue weighted by atomic mass is 10.1. The molecule has 0 aliphatic rings. The number of esters is 2. The lowest BCUT2D eigenvalue weighted by Crippen LogP contribution is -2.16. The molecule has 9 nitrogen and oxygen atoms in total. The van der Waals surface area contributed by atoms with E-state index in [2.05, 4.69) is 4.74 Å². The smallest absolute Gasteiger partial charge is 0.338 e. The summed E-state index contributed by atoms with van der Waals surface area (Å²) in [6, 6.07) is 8.21. The van der Waals surface area contributed by atoms with Crippen LogP contribution in [0.3, 0.4) is 0 Å². The van der Waals surface area contributed by atoms with Crippen LogP contribution in [0.25, 0.3) is 0 Å². The topological polar surface area (TPSA) is 144 Å². The summed E-state index contributed by atoms with van der Waals surface area (Å²) >= 11 is 0. The van der Waals surface area contributed by atoms with Crippen LogP contribution < -0.4 is 0 Å². The van der Waals surface area contributed by atoms with Crippen molar-refractivity contribution in [3.05, 3.63) is 64.7 Å². The van der Waals surface area contributed by atoms with E-state index >= 15 is 0 Å². The van der Waals surface area contributed by atoms with Gasteiger partial charge in [-0.25, -0.2) is 18.0 Å². The summed E-state index contributed by atoms with van der Waals surface area (Å²) < 4.78 is 43.4. The van der Waals surface area contributed by atoms with Gasteiger partial charge in [-0.2, -0.15) is 0 Å². The van der Waals surface area contributed by atoms with Crippen molar-refractivity contribution in [2.45, 2.75) is 18.2 Å². The van der Waals surface area contributed by atoms with Crippen LogP contribution in [-0.4, -0.2) is 50.2 Å². The van der Waals surface area contributed by atoms with Gasteiger partial charge in [-0.05, 0) is 30.3 Å². The van der Waals surface area contributed by atoms with E-state index in [9.17, 15) is 32.1 Å². The van der Waals surface area contributed by atoms with Gasteiger partial charge in [0.25, 0.3) is 0 Å². The molecular weight excluding hydrogens is 416 g/mol. The molecule has 0 bridgehead atoms. The maximum Gasteiger partial charge on any atom is 0.338 e. The van der Waals surface area contributed by atoms with Crippen molar-refractivity contribution < 1.29 is 41.6 Å². The molecule has 0 unspecified atom stereocenters. The SMILES string of the molecule is CCC(=O)c1cc(C(=O)OCC(=O)c2ccc(C(=O)OC)cc2)cc(S(=O)(=O)[O-])c1. The molecule has 2 aromatic rings. The van der Waals surface area contributed by atoms with Crippen LogP contribution in [0.5, 0.6) is 0 Å². The van der Waals surface area contributed by atoms with E-state index in [4.69, 9.17) is 4.74 Å². The lowest BCUT2D eigenvalue weighted by Gasteiger charge is -2.11. The maximum atomic E-state index is 12.3. The average Bonchev–Trinajstić information content (AvgIpc) is 2.75. The Morgan fingerprint density at radius 2 is 1.40 bits per heavy atom. The second kappa shape index (κ2) is 9.42. The van der Waals surface area contributed by atoms with E-state index in [0.717, 1.165) is 18.2 Å². The Bertz CT molecular complexity index is 1100. The second-order valence-corrected chi connectivity index (χ2v) is 7.42. The summed E-state index contributed by atoms with van der Waals surface area (Å²) in [6.45, 7) is 0.852. The fourth-order valence-electron chi connectivity index (χ4n) is 2.43. The van der Waals surface area contributed by atoms with E-state index in [1.165, 1.54) is 38.3 Å². The van der Waals surface area contributed by atoms with E-state index in [1.54, 1.807) is 0 Å². The number of rotatable bonds is 8. The Morgan fingerprint density at radius 1 is 0.833 bits per heavy atom. The molecule has 0 saturated carbocycles. The fraction of sp³-hybridized carbons (Fsp3) is 0.200. The van der Waals surface area contributed by atoms with Gasteiger partial charge < -0.3 is 14.0 Å². The first-order valence-corrected chi connectivity index (χ1v) is 10.0. The summed E-state index contributed by atoms with van der Waals surface area (Å²) in [5, 5.41) is 0. The van der Waals surface area contributed by atoms with Crippen molar-refractivity contribution in [2.24, 2.45) is 0 Å². The quantitative estimate of drug-likeness (QED) is 0.347. The minimum atomic E-state index is -4.93. The number of carbonyl (C=O) groups excluding carboxylic acids is 4. The molecule has 0 saturated heterocycles. The van der Waals surface area contributed by atoms with Gasteiger partial charge in [0.2, 0.25) is 0 Å². The molecule has 0 fully saturated rings. The van der Waals surface area contributed by atoms with Gasteiger partial charge in [0, 0.05) is 17.5 Å². The fourth-order valence-corrected chi connectivity index (χ4v) is 2.98. The molecule has 0 N–H and O–H groups in total. The average molecular weight is 433 g/mol. The highest BCUT2D eigenvalue weighted by atomic mass is 32.2. The van der Waals surface area contributed by atoms with Crippen LogP contribution in [0.2, 0.25) is 0 Å². The molecule has 10 heteroatoms. The number of Topliss-reactive ketones (excluding diaryl/α,β-unsaturated/α-hetero) is 2. The molecule has 0 heterocycles. The Balaban J connectivity index is 2.18. The first-order chi connectivity index (χ1) is 14.1. The number of carbonyl (C=O) groups is 4. The summed E-state index contributed by atoms with van der Waals surface area (Å²) in [7, 11) is -3.71. The first-order valence-electron chi connectivity index (χ1n) is 8.59. The molecule has 0 radical (unpaired) electrons. The molecule has 30 heavy (non-hydrogen) atoms. The van der Waals surface area contributed by atoms with Crippen LogP contribution >= 0.6 is 0 Å². The van der Waals surface area contributed by atoms with Crippen molar-refractivity contribution in [1.29, 1.82) is 0 Å². The van der Waals surface area contributed by atoms with E-state index < -0.39 is 45.1 Å². The number of benzene rings is 2. The van der Waals surface area contributed by atoms with Crippen molar-refractivity contribution >= 4 is 33.6 Å². The summed E-state index contributed by atoms with van der Waals surface area (Å²) in [5.74, 6) is -2.72. The van der Waals surface area contributed by atoms with Crippen molar-refractivity contribution in [3.63, 3.8) is 0 Å². The van der Waals surface area contributed by atoms with Crippen LogP contribution in [0.1, 0.15) is 54.8 Å². The summed E-state index contributed by atoms with van der Waals surface area (Å²) in [5.41, 5.74) is -0.0911. The van der Waals surface area contributed by atoms with Gasteiger partial charge in [-0.3, -0.25) is 9.59 Å². The Morgan fingerprint density at radius 3 is 1.93 bits per heavy atom. The van der Waals surface area contributed by atoms with Gasteiger partial charge in [0.05, 0.1) is 23.1 Å². The highest BCUT2D eigenvalue weighted by Crippen LogP contribution is 2.18. The third-order valence-corrected chi connectivity index (χ3v) is 4.85. The zero-order valence-electron chi connectivity index (χ0n) is 16.0. The van der Waals surface area contributed by atoms with Crippen molar-refractivity contribution in [1.82, 2.24) is 0 Å². The van der Waals surface area contributed by atoms with Crippen molar-refractivity contribution in [2.75, 3.05) is 13.7 Å². The Kier molecular flexibility index (Phi) is 7.19. The summed E-state index contributed by atoms with van der Waals surface area (Å²) in [4.78, 5) is 47.0. The monoisotopic (exact) mass is 433 g/mol. The van der Waals surface area contributed by atoms with Gasteiger partial charge in [-0.15, -0.1) is 0 Å². The van der Waals surface area contributed by atoms with Gasteiger partial charge in [0.1, 0.15) is 10.1 Å². The number of methoxy groups -OCH3 is 1. The van der Waals surface area contributed by atoms with Crippen LogP contribution in [0.4, 0.5) is 0 Å². The van der Waals surface area contributed by atoms with Crippen molar-refractivity contribution in [3.8, 4) is 0 Å². The molecule has 0 atom stereocenters. The molecule has 0 aromatic heterocycles. The van der Waals surface area contributed by atoms with Crippen LogP contribution in [-0.2, 0) is 19.6 Å². The molecule has 0 aliphatic carbocycles. The lowest BCUT2D eigenvalue weighted by molar-refractivity contribution is 0.0474. The molecule has 0 aliphatic heterocycles. The first kappa shape index (κ1) is 22.9. The molecule has 0 spiro atoms. The zero-order valence-corrected chi connectivity index (χ0v) is 16.9. The molecular formula is C20H17O9S-. The predicted molar refractivity (Wildman–Crippen MR) is 101 cm³/mol. The molecule has 2 aromatic carbocycles. The highest BCUT2D eigenvalue weighted by molar-refractivity contribution is 7.85. The highest BCUT2D eigenvalue weighted by Gasteiger charge is 2.17. The number of hydrogen-bond donors (Lipinski definition) is 0. The molecule has 2 rings (SSSR count). The zero-order chi connectivity index (χ0) is 22.5. The third kappa shape index (κ3) is 5.58. The second-order valence-electron chi connectivity index (χ2n) is 6.05. The largest absolute Gasteiger partial charge is 0.744 e. The Hall–Kier alpha value is -3.37. The van der Waals surface area contributed by atoms with Gasteiger partial charge >= 0.3 is 11.9 Å². The van der Waals surface area contributed by atoms with E-state index in [-0.39, 0.29) is 28.7 Å². The number of ketones is 2. The predicted octanol–water partition coefficient (Wildman–Crippen LogP) is 2.01. The van der Waals surface area contributed by atoms with Crippen LogP contribution in [0.15, 0.2) is 47.4 Å². The Labute approximate surface area is 172 Å². The third-order valence-electron chi connectivity index (χ3n) is 4.04. The standard InChI is InChI=1S/C20H18O9S/c1-3-17(21)14-8-15(10-16(9-14)30(25,26)27)20(24)29-11-18(22)12-4-6-13(7-5-12)19(23)28-2/h4-10H,3,11H2,1-2H3,(H,25,26,27)/p-1. The maximum absolute atomic E-state index is 12.3. The molecule has 158 valence electrons.